The third-order valence-electron chi connectivity index (χ3n) is 5.19. The van der Waals surface area contributed by atoms with Crippen LogP contribution in [-0.4, -0.2) is 5.91 Å². The number of rotatable bonds is 5. The van der Waals surface area contributed by atoms with E-state index in [1.165, 1.54) is 30.2 Å². The van der Waals surface area contributed by atoms with E-state index < -0.39 is 0 Å². The summed E-state index contributed by atoms with van der Waals surface area (Å²) in [5.74, 6) is -0.371. The Balaban J connectivity index is 1.68. The van der Waals surface area contributed by atoms with Crippen molar-refractivity contribution >= 4 is 11.6 Å². The summed E-state index contributed by atoms with van der Waals surface area (Å²) >= 11 is 0. The Morgan fingerprint density at radius 1 is 1.07 bits per heavy atom. The zero-order valence-corrected chi connectivity index (χ0v) is 16.8. The second-order valence-corrected chi connectivity index (χ2v) is 7.62. The van der Waals surface area contributed by atoms with Gasteiger partial charge in [-0.1, -0.05) is 24.3 Å². The van der Waals surface area contributed by atoms with E-state index >= 15 is 0 Å². The van der Waals surface area contributed by atoms with Crippen LogP contribution in [0.5, 0.6) is 0 Å². The molecule has 2 aromatic carbocycles. The smallest absolute Gasteiger partial charge is 0.263 e. The van der Waals surface area contributed by atoms with Gasteiger partial charge in [-0.25, -0.2) is 0 Å². The lowest BCUT2D eigenvalue weighted by Crippen LogP contribution is -2.28. The Hall–Kier alpha value is -3.06. The molecule has 1 atom stereocenters. The Labute approximate surface area is 167 Å². The molecule has 0 saturated carbocycles. The molecule has 0 fully saturated rings. The topological polar surface area (TPSA) is 64.9 Å². The van der Waals surface area contributed by atoms with Gasteiger partial charge in [0.15, 0.2) is 0 Å². The van der Waals surface area contributed by atoms with Crippen LogP contribution in [0.1, 0.15) is 53.6 Å². The first kappa shape index (κ1) is 19.7. The van der Waals surface area contributed by atoms with Crippen molar-refractivity contribution in [1.29, 1.82) is 5.26 Å². The molecule has 0 bridgehead atoms. The predicted octanol–water partition coefficient (Wildman–Crippen LogP) is 4.88. The largest absolute Gasteiger partial charge is 0.360 e. The number of nitrogens with one attached hydrogen (secondary N) is 2. The molecule has 1 unspecified atom stereocenters. The van der Waals surface area contributed by atoms with E-state index in [2.05, 4.69) is 34.9 Å². The van der Waals surface area contributed by atoms with Crippen molar-refractivity contribution in [3.63, 3.8) is 0 Å². The molecule has 0 aliphatic heterocycles. The summed E-state index contributed by atoms with van der Waals surface area (Å²) in [6, 6.07) is 14.3. The van der Waals surface area contributed by atoms with Crippen LogP contribution in [0.15, 0.2) is 48.2 Å². The Bertz CT molecular complexity index is 933. The zero-order valence-electron chi connectivity index (χ0n) is 16.8. The molecule has 0 radical (unpaired) electrons. The van der Waals surface area contributed by atoms with Crippen molar-refractivity contribution in [2.45, 2.75) is 52.5 Å². The molecule has 28 heavy (non-hydrogen) atoms. The van der Waals surface area contributed by atoms with E-state index in [1.807, 2.05) is 39.0 Å². The molecule has 2 N–H and O–H groups in total. The number of aryl methyl sites for hydroxylation is 4. The van der Waals surface area contributed by atoms with Crippen LogP contribution in [0, 0.1) is 25.2 Å². The first-order valence-electron chi connectivity index (χ1n) is 9.84. The number of nitrogens with zero attached hydrogens (tertiary/aromatic N) is 1. The molecular weight excluding hydrogens is 346 g/mol. The van der Waals surface area contributed by atoms with Crippen molar-refractivity contribution in [3.8, 4) is 6.07 Å². The molecule has 0 aromatic heterocycles. The van der Waals surface area contributed by atoms with Gasteiger partial charge < -0.3 is 10.6 Å². The summed E-state index contributed by atoms with van der Waals surface area (Å²) in [5.41, 5.74) is 7.05. The highest BCUT2D eigenvalue weighted by molar-refractivity contribution is 5.97. The average molecular weight is 374 g/mol. The number of carbonyl (C=O) groups is 1. The second kappa shape index (κ2) is 8.75. The van der Waals surface area contributed by atoms with Gasteiger partial charge in [-0.3, -0.25) is 4.79 Å². The molecule has 0 spiro atoms. The minimum Gasteiger partial charge on any atom is -0.360 e. The summed E-state index contributed by atoms with van der Waals surface area (Å²) in [4.78, 5) is 12.6. The first-order chi connectivity index (χ1) is 13.5. The van der Waals surface area contributed by atoms with Crippen LogP contribution in [0.25, 0.3) is 0 Å². The third-order valence-corrected chi connectivity index (χ3v) is 5.19. The van der Waals surface area contributed by atoms with Gasteiger partial charge in [-0.2, -0.15) is 5.26 Å². The molecule has 144 valence electrons. The Morgan fingerprint density at radius 3 is 2.43 bits per heavy atom. The maximum absolute atomic E-state index is 12.6. The van der Waals surface area contributed by atoms with Crippen molar-refractivity contribution in [2.75, 3.05) is 5.32 Å². The lowest BCUT2D eigenvalue weighted by molar-refractivity contribution is -0.117. The van der Waals surface area contributed by atoms with E-state index in [0.717, 1.165) is 35.2 Å². The average Bonchev–Trinajstić information content (AvgIpc) is 2.67. The van der Waals surface area contributed by atoms with Gasteiger partial charge in [0.2, 0.25) is 0 Å². The highest BCUT2D eigenvalue weighted by Crippen LogP contribution is 2.25. The lowest BCUT2D eigenvalue weighted by atomic mass is 9.89. The van der Waals surface area contributed by atoms with Crippen LogP contribution in [0.3, 0.4) is 0 Å². The second-order valence-electron chi connectivity index (χ2n) is 7.62. The van der Waals surface area contributed by atoms with Crippen molar-refractivity contribution in [1.82, 2.24) is 5.32 Å². The number of nitriles is 1. The fourth-order valence-corrected chi connectivity index (χ4v) is 3.74. The minimum absolute atomic E-state index is 0.0592. The summed E-state index contributed by atoms with van der Waals surface area (Å²) < 4.78 is 0. The summed E-state index contributed by atoms with van der Waals surface area (Å²) in [6.45, 7) is 5.98. The molecule has 0 heterocycles. The monoisotopic (exact) mass is 373 g/mol. The minimum atomic E-state index is -0.371. The summed E-state index contributed by atoms with van der Waals surface area (Å²) in [5, 5.41) is 15.4. The van der Waals surface area contributed by atoms with E-state index in [4.69, 9.17) is 0 Å². The van der Waals surface area contributed by atoms with Crippen molar-refractivity contribution in [3.05, 3.63) is 76.0 Å². The SMILES string of the molecule is Cc1cc(C)cc(N/C=C(/C#N)C(=O)NC(C)c2ccc3c(c2)CCCC3)c1. The van der Waals surface area contributed by atoms with Gasteiger partial charge in [0.25, 0.3) is 5.91 Å². The number of benzene rings is 2. The van der Waals surface area contributed by atoms with Crippen LogP contribution < -0.4 is 10.6 Å². The van der Waals surface area contributed by atoms with Crippen LogP contribution in [-0.2, 0) is 17.6 Å². The van der Waals surface area contributed by atoms with Gasteiger partial charge in [-0.05, 0) is 86.4 Å². The lowest BCUT2D eigenvalue weighted by Gasteiger charge is -2.20. The molecule has 1 aliphatic carbocycles. The van der Waals surface area contributed by atoms with E-state index in [1.54, 1.807) is 0 Å². The Kier molecular flexibility index (Phi) is 6.16. The molecule has 4 nitrogen and oxygen atoms in total. The number of hydrogen-bond acceptors (Lipinski definition) is 3. The molecule has 4 heteroatoms. The maximum atomic E-state index is 12.6. The highest BCUT2D eigenvalue weighted by Gasteiger charge is 2.16. The van der Waals surface area contributed by atoms with Gasteiger partial charge in [0, 0.05) is 11.9 Å². The quantitative estimate of drug-likeness (QED) is 0.580. The fourth-order valence-electron chi connectivity index (χ4n) is 3.74. The number of amides is 1. The molecule has 2 aromatic rings. The fraction of sp³-hybridized carbons (Fsp3) is 0.333. The van der Waals surface area contributed by atoms with E-state index in [-0.39, 0.29) is 17.5 Å². The van der Waals surface area contributed by atoms with E-state index in [9.17, 15) is 10.1 Å². The maximum Gasteiger partial charge on any atom is 0.263 e. The van der Waals surface area contributed by atoms with Gasteiger partial charge in [0.05, 0.1) is 6.04 Å². The molecule has 3 rings (SSSR count). The molecular formula is C24H27N3O. The van der Waals surface area contributed by atoms with Crippen LogP contribution in [0.2, 0.25) is 0 Å². The van der Waals surface area contributed by atoms with Gasteiger partial charge >= 0.3 is 0 Å². The number of fused-ring (bicyclic) bond motifs is 1. The normalized spacial score (nSPS) is 14.6. The van der Waals surface area contributed by atoms with Crippen molar-refractivity contribution < 1.29 is 4.79 Å². The summed E-state index contributed by atoms with van der Waals surface area (Å²) in [7, 11) is 0. The number of carbonyl (C=O) groups excluding carboxylic acids is 1. The van der Waals surface area contributed by atoms with Gasteiger partial charge in [0.1, 0.15) is 11.6 Å². The predicted molar refractivity (Wildman–Crippen MR) is 113 cm³/mol. The van der Waals surface area contributed by atoms with Crippen LogP contribution in [0.4, 0.5) is 5.69 Å². The summed E-state index contributed by atoms with van der Waals surface area (Å²) in [6.07, 6.45) is 6.20. The molecule has 1 amide bonds. The standard InChI is InChI=1S/C24H27N3O/c1-16-10-17(2)12-23(11-16)26-15-22(14-25)24(28)27-18(3)20-9-8-19-6-4-5-7-21(19)13-20/h8-13,15,18,26H,4-7H2,1-3H3,(H,27,28)/b22-15-. The number of hydrogen-bond donors (Lipinski definition) is 2. The van der Waals surface area contributed by atoms with Gasteiger partial charge in [-0.15, -0.1) is 0 Å². The molecule has 0 saturated heterocycles. The van der Waals surface area contributed by atoms with E-state index in [0.29, 0.717) is 0 Å². The highest BCUT2D eigenvalue weighted by atomic mass is 16.1. The van der Waals surface area contributed by atoms with Crippen LogP contribution >= 0.6 is 0 Å². The number of anilines is 1. The molecule has 1 aliphatic rings. The van der Waals surface area contributed by atoms with Crippen molar-refractivity contribution in [2.24, 2.45) is 0 Å². The first-order valence-corrected chi connectivity index (χ1v) is 9.84. The zero-order chi connectivity index (χ0) is 20.1. The third kappa shape index (κ3) is 4.80. The Morgan fingerprint density at radius 2 is 1.75 bits per heavy atom.